The van der Waals surface area contributed by atoms with E-state index in [0.717, 1.165) is 35.3 Å². The molecule has 2 bridgehead atoms. The van der Waals surface area contributed by atoms with Gasteiger partial charge in [-0.15, -0.1) is 0 Å². The lowest BCUT2D eigenvalue weighted by atomic mass is 9.81. The van der Waals surface area contributed by atoms with Crippen molar-refractivity contribution in [3.8, 4) is 0 Å². The van der Waals surface area contributed by atoms with E-state index in [9.17, 15) is 19.2 Å². The van der Waals surface area contributed by atoms with Gasteiger partial charge in [-0.1, -0.05) is 12.1 Å². The Bertz CT molecular complexity index is 867. The molecule has 154 valence electrons. The molecule has 1 N–H and O–H groups in total. The highest BCUT2D eigenvalue weighted by atomic mass is 16.5. The van der Waals surface area contributed by atoms with E-state index in [4.69, 9.17) is 4.74 Å². The highest BCUT2D eigenvalue weighted by Gasteiger charge is 2.62. The normalized spacial score (nSPS) is 28.4. The number of likely N-dealkylation sites (tertiary alicyclic amines) is 1. The van der Waals surface area contributed by atoms with Crippen LogP contribution in [0.15, 0.2) is 18.2 Å². The number of nitrogens with one attached hydrogen (secondary N) is 1. The predicted octanol–water partition coefficient (Wildman–Crippen LogP) is 2.20. The van der Waals surface area contributed by atoms with Crippen molar-refractivity contribution in [1.29, 1.82) is 0 Å². The van der Waals surface area contributed by atoms with Crippen molar-refractivity contribution in [3.63, 3.8) is 0 Å². The van der Waals surface area contributed by atoms with E-state index in [1.807, 2.05) is 26.0 Å². The molecular weight excluding hydrogens is 372 g/mol. The Kier molecular flexibility index (Phi) is 4.92. The van der Waals surface area contributed by atoms with Crippen LogP contribution in [0.4, 0.5) is 5.69 Å². The molecule has 0 spiro atoms. The number of fused-ring (bicyclic) bond motifs is 5. The summed E-state index contributed by atoms with van der Waals surface area (Å²) in [4.78, 5) is 51.3. The Labute approximate surface area is 169 Å². The van der Waals surface area contributed by atoms with E-state index in [1.54, 1.807) is 6.07 Å². The van der Waals surface area contributed by atoms with Gasteiger partial charge in [0.1, 0.15) is 6.04 Å². The van der Waals surface area contributed by atoms with Crippen molar-refractivity contribution < 1.29 is 23.9 Å². The van der Waals surface area contributed by atoms with Gasteiger partial charge in [0.15, 0.2) is 6.61 Å². The summed E-state index contributed by atoms with van der Waals surface area (Å²) in [5.74, 6) is -1.74. The molecule has 2 aliphatic carbocycles. The first kappa shape index (κ1) is 19.6. The van der Waals surface area contributed by atoms with E-state index in [2.05, 4.69) is 5.32 Å². The van der Waals surface area contributed by atoms with Crippen molar-refractivity contribution in [3.05, 3.63) is 29.3 Å². The highest BCUT2D eigenvalue weighted by Crippen LogP contribution is 2.56. The fourth-order valence-corrected chi connectivity index (χ4v) is 5.25. The van der Waals surface area contributed by atoms with E-state index >= 15 is 0 Å². The number of carbonyl (C=O) groups excluding carboxylic acids is 4. The molecule has 0 aromatic heterocycles. The van der Waals surface area contributed by atoms with Crippen molar-refractivity contribution >= 4 is 29.4 Å². The largest absolute Gasteiger partial charge is 0.454 e. The van der Waals surface area contributed by atoms with Gasteiger partial charge in [0, 0.05) is 5.69 Å². The zero-order valence-electron chi connectivity index (χ0n) is 16.9. The minimum Gasteiger partial charge on any atom is -0.454 e. The van der Waals surface area contributed by atoms with Crippen molar-refractivity contribution in [2.75, 3.05) is 11.9 Å². The van der Waals surface area contributed by atoms with Gasteiger partial charge in [-0.3, -0.25) is 19.3 Å². The Morgan fingerprint density at radius 2 is 1.76 bits per heavy atom. The van der Waals surface area contributed by atoms with Gasteiger partial charge < -0.3 is 10.1 Å². The molecule has 4 rings (SSSR count). The molecule has 1 aromatic carbocycles. The molecule has 2 saturated carbocycles. The second-order valence-electron chi connectivity index (χ2n) is 8.51. The molecular formula is C22H26N2O5. The molecule has 0 unspecified atom stereocenters. The van der Waals surface area contributed by atoms with Crippen LogP contribution >= 0.6 is 0 Å². The molecule has 1 heterocycles. The number of imide groups is 1. The van der Waals surface area contributed by atoms with Crippen LogP contribution in [0.25, 0.3) is 0 Å². The SMILES string of the molecule is Cc1cccc(NC(=O)COC(=O)[C@H](C)N2C(=O)[C@@H]3[C@H]4CC[C@@H](C4)[C@@H]3C2=O)c1C. The molecule has 5 atom stereocenters. The standard InChI is InChI=1S/C22H26N2O5/c1-11-5-4-6-16(12(11)2)23-17(25)10-29-22(28)13(3)24-20(26)18-14-7-8-15(9-14)19(18)21(24)27/h4-6,13-15,18-19H,7-10H2,1-3H3,(H,23,25)/t13-,14-,15-,18-,19+/m0/s1. The molecule has 1 aromatic rings. The third-order valence-electron chi connectivity index (χ3n) is 6.91. The van der Waals surface area contributed by atoms with Crippen LogP contribution in [0.5, 0.6) is 0 Å². The Balaban J connectivity index is 1.35. The van der Waals surface area contributed by atoms with Crippen LogP contribution in [-0.4, -0.2) is 41.2 Å². The quantitative estimate of drug-likeness (QED) is 0.606. The number of rotatable bonds is 5. The first-order chi connectivity index (χ1) is 13.8. The number of hydrogen-bond acceptors (Lipinski definition) is 5. The second-order valence-corrected chi connectivity index (χ2v) is 8.51. The van der Waals surface area contributed by atoms with Crippen LogP contribution in [-0.2, 0) is 23.9 Å². The highest BCUT2D eigenvalue weighted by molar-refractivity contribution is 6.08. The van der Waals surface area contributed by atoms with E-state index < -0.39 is 24.5 Å². The molecule has 7 nitrogen and oxygen atoms in total. The Morgan fingerprint density at radius 1 is 1.14 bits per heavy atom. The summed E-state index contributed by atoms with van der Waals surface area (Å²) in [5.41, 5.74) is 2.64. The summed E-state index contributed by atoms with van der Waals surface area (Å²) in [6, 6.07) is 4.53. The summed E-state index contributed by atoms with van der Waals surface area (Å²) in [6.07, 6.45) is 2.91. The fourth-order valence-electron chi connectivity index (χ4n) is 5.25. The molecule has 1 aliphatic heterocycles. The lowest BCUT2D eigenvalue weighted by Gasteiger charge is -2.23. The van der Waals surface area contributed by atoms with Crippen LogP contribution < -0.4 is 5.32 Å². The maximum Gasteiger partial charge on any atom is 0.329 e. The van der Waals surface area contributed by atoms with E-state index in [1.165, 1.54) is 6.92 Å². The Hall–Kier alpha value is -2.70. The number of amides is 3. The number of esters is 1. The topological polar surface area (TPSA) is 92.8 Å². The first-order valence-electron chi connectivity index (χ1n) is 10.2. The van der Waals surface area contributed by atoms with E-state index in [-0.39, 0.29) is 35.5 Å². The lowest BCUT2D eigenvalue weighted by Crippen LogP contribution is -2.45. The second kappa shape index (κ2) is 7.28. The van der Waals surface area contributed by atoms with Gasteiger partial charge in [0.25, 0.3) is 5.91 Å². The fraction of sp³-hybridized carbons (Fsp3) is 0.545. The number of carbonyl (C=O) groups is 4. The summed E-state index contributed by atoms with van der Waals surface area (Å²) in [5, 5.41) is 2.72. The number of benzene rings is 1. The molecule has 7 heteroatoms. The summed E-state index contributed by atoms with van der Waals surface area (Å²) < 4.78 is 5.11. The molecule has 1 saturated heterocycles. The van der Waals surface area contributed by atoms with Crippen molar-refractivity contribution in [2.24, 2.45) is 23.7 Å². The lowest BCUT2D eigenvalue weighted by molar-refractivity contribution is -0.159. The van der Waals surface area contributed by atoms with Crippen molar-refractivity contribution in [2.45, 2.75) is 46.1 Å². The van der Waals surface area contributed by atoms with Gasteiger partial charge >= 0.3 is 5.97 Å². The first-order valence-corrected chi connectivity index (χ1v) is 10.2. The average molecular weight is 398 g/mol. The van der Waals surface area contributed by atoms with Gasteiger partial charge in [-0.25, -0.2) is 4.79 Å². The van der Waals surface area contributed by atoms with Gasteiger partial charge in [0.05, 0.1) is 11.8 Å². The molecule has 29 heavy (non-hydrogen) atoms. The smallest absolute Gasteiger partial charge is 0.329 e. The molecule has 0 radical (unpaired) electrons. The van der Waals surface area contributed by atoms with Crippen LogP contribution in [0.2, 0.25) is 0 Å². The Morgan fingerprint density at radius 3 is 2.38 bits per heavy atom. The molecule has 3 fully saturated rings. The van der Waals surface area contributed by atoms with Crippen LogP contribution in [0.1, 0.15) is 37.3 Å². The minimum absolute atomic E-state index is 0.253. The maximum absolute atomic E-state index is 12.8. The number of aryl methyl sites for hydroxylation is 1. The maximum atomic E-state index is 12.8. The van der Waals surface area contributed by atoms with Gasteiger partial charge in [0.2, 0.25) is 11.8 Å². The third kappa shape index (κ3) is 3.22. The zero-order valence-corrected chi connectivity index (χ0v) is 16.9. The number of anilines is 1. The van der Waals surface area contributed by atoms with Gasteiger partial charge in [-0.2, -0.15) is 0 Å². The summed E-state index contributed by atoms with van der Waals surface area (Å²) >= 11 is 0. The molecule has 3 amide bonds. The zero-order chi connectivity index (χ0) is 20.9. The number of ether oxygens (including phenoxy) is 1. The predicted molar refractivity (Wildman–Crippen MR) is 105 cm³/mol. The number of hydrogen-bond donors (Lipinski definition) is 1. The summed E-state index contributed by atoms with van der Waals surface area (Å²) in [7, 11) is 0. The molecule has 3 aliphatic rings. The minimum atomic E-state index is -1.02. The van der Waals surface area contributed by atoms with E-state index in [0.29, 0.717) is 5.69 Å². The van der Waals surface area contributed by atoms with Crippen LogP contribution in [0.3, 0.4) is 0 Å². The van der Waals surface area contributed by atoms with Crippen LogP contribution in [0, 0.1) is 37.5 Å². The van der Waals surface area contributed by atoms with Gasteiger partial charge in [-0.05, 0) is 69.1 Å². The third-order valence-corrected chi connectivity index (χ3v) is 6.91. The average Bonchev–Trinajstić information content (AvgIpc) is 3.37. The number of nitrogens with zero attached hydrogens (tertiary/aromatic N) is 1. The summed E-state index contributed by atoms with van der Waals surface area (Å²) in [6.45, 7) is 4.86. The van der Waals surface area contributed by atoms with Crippen molar-refractivity contribution in [1.82, 2.24) is 4.90 Å². The monoisotopic (exact) mass is 398 g/mol.